The highest BCUT2D eigenvalue weighted by atomic mass is 16.5. The maximum absolute atomic E-state index is 13.1. The second kappa shape index (κ2) is 9.37. The molecular formula is C25H27N9O3. The molecule has 4 aromatic heterocycles. The van der Waals surface area contributed by atoms with E-state index in [4.69, 9.17) is 4.74 Å². The van der Waals surface area contributed by atoms with Gasteiger partial charge in [0, 0.05) is 43.2 Å². The minimum absolute atomic E-state index is 0.121. The number of carbonyl (C=O) groups is 2. The number of aryl methyl sites for hydroxylation is 2. The monoisotopic (exact) mass is 501 g/mol. The molecule has 0 aliphatic carbocycles. The Labute approximate surface area is 212 Å². The summed E-state index contributed by atoms with van der Waals surface area (Å²) in [7, 11) is 1.85. The molecule has 190 valence electrons. The minimum atomic E-state index is -0.415. The first-order valence-corrected chi connectivity index (χ1v) is 12.2. The Kier molecular flexibility index (Phi) is 5.89. The molecule has 0 saturated carbocycles. The van der Waals surface area contributed by atoms with Gasteiger partial charge in [0.1, 0.15) is 0 Å². The average molecular weight is 502 g/mol. The number of aromatic nitrogens is 6. The van der Waals surface area contributed by atoms with Gasteiger partial charge in [-0.2, -0.15) is 5.10 Å². The van der Waals surface area contributed by atoms with Gasteiger partial charge in [0.05, 0.1) is 54.2 Å². The summed E-state index contributed by atoms with van der Waals surface area (Å²) in [5.74, 6) is -0.536. The number of carbonyl (C=O) groups excluding carboxylic acids is 2. The molecule has 3 fully saturated rings. The topological polar surface area (TPSA) is 132 Å². The number of ether oxygens (including phenoxy) is 1. The van der Waals surface area contributed by atoms with Crippen LogP contribution in [0.5, 0.6) is 0 Å². The van der Waals surface area contributed by atoms with Crippen LogP contribution in [0.15, 0.2) is 43.0 Å². The summed E-state index contributed by atoms with van der Waals surface area (Å²) in [6, 6.07) is 5.70. The third kappa shape index (κ3) is 4.68. The average Bonchev–Trinajstić information content (AvgIpc) is 3.52. The zero-order valence-electron chi connectivity index (χ0n) is 20.6. The van der Waals surface area contributed by atoms with E-state index in [0.717, 1.165) is 30.5 Å². The fraction of sp³-hybridized carbons (Fsp3) is 0.360. The number of nitrogens with one attached hydrogen (secondary N) is 2. The van der Waals surface area contributed by atoms with Crippen molar-refractivity contribution in [1.82, 2.24) is 34.5 Å². The summed E-state index contributed by atoms with van der Waals surface area (Å²) in [6.45, 7) is 3.55. The molecule has 2 N–H and O–H groups in total. The fourth-order valence-corrected chi connectivity index (χ4v) is 4.92. The summed E-state index contributed by atoms with van der Waals surface area (Å²) in [6.07, 6.45) is 9.39. The van der Waals surface area contributed by atoms with E-state index in [1.54, 1.807) is 46.8 Å². The van der Waals surface area contributed by atoms with Gasteiger partial charge in [0.2, 0.25) is 5.91 Å². The number of hydrogen-bond donors (Lipinski definition) is 2. The molecule has 7 heterocycles. The standard InChI is InChI=1S/C25H27N9O3/c1-15-21(7-18(9-26-15)28-23(35)13-33-12-20-5-4-19(33)14-37-20)29-25(36)24-22-6-3-16(11-34(22)31-30-24)17-8-27-32(2)10-17/h3,6-11,19-20H,4-5,12-14H2,1-2H3,(H,28,35)(H,29,36). The number of pyridine rings is 2. The van der Waals surface area contributed by atoms with E-state index >= 15 is 0 Å². The number of rotatable bonds is 6. The predicted octanol–water partition coefficient (Wildman–Crippen LogP) is 1.89. The lowest BCUT2D eigenvalue weighted by Crippen LogP contribution is -2.56. The number of nitrogens with zero attached hydrogens (tertiary/aromatic N) is 7. The highest BCUT2D eigenvalue weighted by Crippen LogP contribution is 2.26. The highest BCUT2D eigenvalue weighted by Gasteiger charge is 2.35. The summed E-state index contributed by atoms with van der Waals surface area (Å²) in [5.41, 5.74) is 4.22. The van der Waals surface area contributed by atoms with Gasteiger partial charge < -0.3 is 15.4 Å². The van der Waals surface area contributed by atoms with E-state index in [9.17, 15) is 9.59 Å². The fourth-order valence-electron chi connectivity index (χ4n) is 4.92. The zero-order valence-corrected chi connectivity index (χ0v) is 20.6. The van der Waals surface area contributed by atoms with Crippen LogP contribution in [0.1, 0.15) is 29.0 Å². The lowest BCUT2D eigenvalue weighted by Gasteiger charge is -2.44. The number of fused-ring (bicyclic) bond motifs is 4. The lowest BCUT2D eigenvalue weighted by molar-refractivity contribution is -0.129. The molecule has 0 radical (unpaired) electrons. The molecule has 3 aliphatic rings. The van der Waals surface area contributed by atoms with Gasteiger partial charge >= 0.3 is 0 Å². The molecule has 2 bridgehead atoms. The maximum atomic E-state index is 13.1. The third-order valence-corrected chi connectivity index (χ3v) is 6.93. The molecule has 2 unspecified atom stereocenters. The Balaban J connectivity index is 1.15. The molecule has 37 heavy (non-hydrogen) atoms. The summed E-state index contributed by atoms with van der Waals surface area (Å²) < 4.78 is 9.01. The van der Waals surface area contributed by atoms with Crippen molar-refractivity contribution in [3.8, 4) is 11.1 Å². The van der Waals surface area contributed by atoms with E-state index in [2.05, 4.69) is 35.9 Å². The van der Waals surface area contributed by atoms with Crippen LogP contribution >= 0.6 is 0 Å². The number of amides is 2. The van der Waals surface area contributed by atoms with Crippen molar-refractivity contribution < 1.29 is 14.3 Å². The second-order valence-electron chi connectivity index (χ2n) is 9.56. The molecule has 4 aromatic rings. The van der Waals surface area contributed by atoms with Gasteiger partial charge in [-0.05, 0) is 31.9 Å². The number of piperidine rings is 1. The molecular weight excluding hydrogens is 474 g/mol. The van der Waals surface area contributed by atoms with Crippen LogP contribution in [0.4, 0.5) is 11.4 Å². The largest absolute Gasteiger partial charge is 0.375 e. The molecule has 2 amide bonds. The number of morpholine rings is 1. The van der Waals surface area contributed by atoms with Gasteiger partial charge in [-0.3, -0.25) is 24.2 Å². The Bertz CT molecular complexity index is 1490. The van der Waals surface area contributed by atoms with Crippen LogP contribution in [0.3, 0.4) is 0 Å². The van der Waals surface area contributed by atoms with E-state index in [1.807, 2.05) is 19.3 Å². The summed E-state index contributed by atoms with van der Waals surface area (Å²) in [4.78, 5) is 32.3. The first-order valence-electron chi connectivity index (χ1n) is 12.2. The van der Waals surface area contributed by atoms with Gasteiger partial charge in [0.25, 0.3) is 5.91 Å². The predicted molar refractivity (Wildman–Crippen MR) is 135 cm³/mol. The van der Waals surface area contributed by atoms with Crippen LogP contribution < -0.4 is 10.6 Å². The number of hydrogen-bond acceptors (Lipinski definition) is 8. The van der Waals surface area contributed by atoms with E-state index in [-0.39, 0.29) is 17.7 Å². The van der Waals surface area contributed by atoms with Crippen LogP contribution in [-0.4, -0.2) is 78.1 Å². The third-order valence-electron chi connectivity index (χ3n) is 6.93. The van der Waals surface area contributed by atoms with Gasteiger partial charge in [0.15, 0.2) is 5.69 Å². The molecule has 12 heteroatoms. The Morgan fingerprint density at radius 3 is 2.76 bits per heavy atom. The smallest absolute Gasteiger partial charge is 0.278 e. The highest BCUT2D eigenvalue weighted by molar-refractivity contribution is 6.08. The van der Waals surface area contributed by atoms with E-state index < -0.39 is 5.91 Å². The van der Waals surface area contributed by atoms with E-state index in [0.29, 0.717) is 41.8 Å². The lowest BCUT2D eigenvalue weighted by atomic mass is 9.97. The molecule has 0 spiro atoms. The van der Waals surface area contributed by atoms with Crippen molar-refractivity contribution in [2.45, 2.75) is 31.9 Å². The SMILES string of the molecule is Cc1ncc(NC(=O)CN2CC3CCC2CO3)cc1NC(=O)c1nnn2cc(-c3cnn(C)c3)ccc12. The van der Waals surface area contributed by atoms with Gasteiger partial charge in [-0.15, -0.1) is 5.10 Å². The Morgan fingerprint density at radius 2 is 2.03 bits per heavy atom. The Morgan fingerprint density at radius 1 is 1.14 bits per heavy atom. The second-order valence-corrected chi connectivity index (χ2v) is 9.56. The van der Waals surface area contributed by atoms with Crippen molar-refractivity contribution in [2.24, 2.45) is 7.05 Å². The first kappa shape index (κ1) is 23.3. The first-order chi connectivity index (χ1) is 17.9. The molecule has 7 rings (SSSR count). The van der Waals surface area contributed by atoms with Crippen molar-refractivity contribution in [3.05, 3.63) is 54.4 Å². The Hall–Kier alpha value is -4.16. The van der Waals surface area contributed by atoms with Crippen molar-refractivity contribution in [2.75, 3.05) is 30.3 Å². The van der Waals surface area contributed by atoms with Crippen molar-refractivity contribution in [1.29, 1.82) is 0 Å². The minimum Gasteiger partial charge on any atom is -0.375 e. The molecule has 3 aliphatic heterocycles. The summed E-state index contributed by atoms with van der Waals surface area (Å²) >= 11 is 0. The molecule has 3 saturated heterocycles. The van der Waals surface area contributed by atoms with Crippen LogP contribution in [-0.2, 0) is 16.6 Å². The molecule has 2 atom stereocenters. The van der Waals surface area contributed by atoms with Crippen LogP contribution in [0, 0.1) is 6.92 Å². The van der Waals surface area contributed by atoms with Gasteiger partial charge in [-0.25, -0.2) is 4.52 Å². The van der Waals surface area contributed by atoms with E-state index in [1.165, 1.54) is 0 Å². The molecule has 0 aromatic carbocycles. The summed E-state index contributed by atoms with van der Waals surface area (Å²) in [5, 5.41) is 18.2. The molecule has 12 nitrogen and oxygen atoms in total. The quantitative estimate of drug-likeness (QED) is 0.409. The normalized spacial score (nSPS) is 19.3. The zero-order chi connectivity index (χ0) is 25.5. The van der Waals surface area contributed by atoms with Gasteiger partial charge in [-0.1, -0.05) is 11.3 Å². The van der Waals surface area contributed by atoms with Crippen molar-refractivity contribution in [3.63, 3.8) is 0 Å². The maximum Gasteiger partial charge on any atom is 0.278 e. The van der Waals surface area contributed by atoms with Crippen LogP contribution in [0.2, 0.25) is 0 Å². The van der Waals surface area contributed by atoms with Crippen LogP contribution in [0.25, 0.3) is 16.6 Å². The number of anilines is 2. The van der Waals surface area contributed by atoms with Crippen molar-refractivity contribution >= 4 is 28.7 Å².